The van der Waals surface area contributed by atoms with Gasteiger partial charge >= 0.3 is 5.97 Å². The molecule has 1 aromatic rings. The van der Waals surface area contributed by atoms with Crippen LogP contribution in [0.3, 0.4) is 0 Å². The quantitative estimate of drug-likeness (QED) is 0.591. The van der Waals surface area contributed by atoms with Gasteiger partial charge in [0.05, 0.1) is 13.5 Å². The molecule has 0 N–H and O–H groups in total. The molecular formula is C14H19ClO5S. The highest BCUT2D eigenvalue weighted by molar-refractivity contribution is 8.13. The summed E-state index contributed by atoms with van der Waals surface area (Å²) < 4.78 is 33.2. The molecule has 0 amide bonds. The fourth-order valence-corrected chi connectivity index (χ4v) is 2.62. The monoisotopic (exact) mass is 334 g/mol. The Balaban J connectivity index is 2.93. The first-order chi connectivity index (χ1) is 9.65. The maximum Gasteiger partial charge on any atom is 0.310 e. The number of hydrogen-bond donors (Lipinski definition) is 0. The van der Waals surface area contributed by atoms with Crippen LogP contribution in [0, 0.1) is 5.92 Å². The molecule has 7 heteroatoms. The maximum atomic E-state index is 11.8. The van der Waals surface area contributed by atoms with Crippen LogP contribution in [0.1, 0.15) is 26.3 Å². The van der Waals surface area contributed by atoms with Crippen LogP contribution in [-0.4, -0.2) is 27.6 Å². The summed E-state index contributed by atoms with van der Waals surface area (Å²) >= 11 is 0. The molecule has 1 aromatic carbocycles. The van der Waals surface area contributed by atoms with Crippen LogP contribution in [0.15, 0.2) is 23.1 Å². The number of rotatable bonds is 6. The lowest BCUT2D eigenvalue weighted by Crippen LogP contribution is -2.21. The van der Waals surface area contributed by atoms with E-state index in [4.69, 9.17) is 20.2 Å². The molecule has 0 heterocycles. The van der Waals surface area contributed by atoms with E-state index in [1.54, 1.807) is 6.07 Å². The van der Waals surface area contributed by atoms with Crippen LogP contribution in [0.25, 0.3) is 0 Å². The van der Waals surface area contributed by atoms with Crippen molar-refractivity contribution < 1.29 is 22.7 Å². The lowest BCUT2D eigenvalue weighted by atomic mass is 10.1. The van der Waals surface area contributed by atoms with Crippen LogP contribution in [0.5, 0.6) is 5.75 Å². The first-order valence-electron chi connectivity index (χ1n) is 6.46. The van der Waals surface area contributed by atoms with Gasteiger partial charge in [-0.15, -0.1) is 0 Å². The molecule has 0 aromatic heterocycles. The molecule has 1 rings (SSSR count). The highest BCUT2D eigenvalue weighted by Crippen LogP contribution is 2.28. The van der Waals surface area contributed by atoms with E-state index in [-0.39, 0.29) is 29.1 Å². The van der Waals surface area contributed by atoms with Crippen molar-refractivity contribution in [3.8, 4) is 5.75 Å². The normalized spacial score (nSPS) is 13.0. The Morgan fingerprint density at radius 1 is 1.29 bits per heavy atom. The Morgan fingerprint density at radius 2 is 1.90 bits per heavy atom. The van der Waals surface area contributed by atoms with Crippen molar-refractivity contribution in [2.75, 3.05) is 7.11 Å². The third-order valence-corrected chi connectivity index (χ3v) is 4.44. The molecule has 21 heavy (non-hydrogen) atoms. The summed E-state index contributed by atoms with van der Waals surface area (Å²) in [5.74, 6) is -0.0689. The first kappa shape index (κ1) is 17.8. The molecule has 0 fully saturated rings. The van der Waals surface area contributed by atoms with Crippen molar-refractivity contribution in [3.63, 3.8) is 0 Å². The standard InChI is InChI=1S/C14H19ClO5S/c1-9(2)10(3)20-14(16)8-11-5-6-12(19-4)13(7-11)21(15,17)18/h5-7,9-10H,8H2,1-4H3. The van der Waals surface area contributed by atoms with Gasteiger partial charge in [-0.3, -0.25) is 4.79 Å². The molecule has 1 unspecified atom stereocenters. The van der Waals surface area contributed by atoms with Crippen LogP contribution in [0.2, 0.25) is 0 Å². The second-order valence-corrected chi connectivity index (χ2v) is 7.57. The zero-order chi connectivity index (χ0) is 16.2. The molecule has 1 atom stereocenters. The van der Waals surface area contributed by atoms with Crippen molar-refractivity contribution in [1.82, 2.24) is 0 Å². The van der Waals surface area contributed by atoms with E-state index < -0.39 is 15.0 Å². The van der Waals surface area contributed by atoms with E-state index in [1.807, 2.05) is 20.8 Å². The van der Waals surface area contributed by atoms with Gasteiger partial charge in [-0.05, 0) is 30.5 Å². The average molecular weight is 335 g/mol. The van der Waals surface area contributed by atoms with Crippen molar-refractivity contribution in [2.45, 2.75) is 38.2 Å². The molecule has 0 saturated heterocycles. The summed E-state index contributed by atoms with van der Waals surface area (Å²) in [5.41, 5.74) is 0.496. The Morgan fingerprint density at radius 3 is 2.38 bits per heavy atom. The SMILES string of the molecule is COc1ccc(CC(=O)OC(C)C(C)C)cc1S(=O)(=O)Cl. The number of carbonyl (C=O) groups excluding carboxylic acids is 1. The van der Waals surface area contributed by atoms with Crippen molar-refractivity contribution in [1.29, 1.82) is 0 Å². The maximum absolute atomic E-state index is 11.8. The summed E-state index contributed by atoms with van der Waals surface area (Å²) in [5, 5.41) is 0. The van der Waals surface area contributed by atoms with Crippen molar-refractivity contribution in [3.05, 3.63) is 23.8 Å². The van der Waals surface area contributed by atoms with Gasteiger partial charge in [0.15, 0.2) is 0 Å². The number of ether oxygens (including phenoxy) is 2. The summed E-state index contributed by atoms with van der Waals surface area (Å²) in [4.78, 5) is 11.6. The minimum Gasteiger partial charge on any atom is -0.495 e. The minimum absolute atomic E-state index is 0.0273. The van der Waals surface area contributed by atoms with Gasteiger partial charge in [-0.2, -0.15) is 0 Å². The summed E-state index contributed by atoms with van der Waals surface area (Å²) in [6.45, 7) is 5.71. The second kappa shape index (κ2) is 7.13. The molecule has 5 nitrogen and oxygen atoms in total. The van der Waals surface area contributed by atoms with Gasteiger partial charge < -0.3 is 9.47 Å². The van der Waals surface area contributed by atoms with Crippen molar-refractivity contribution in [2.24, 2.45) is 5.92 Å². The number of halogens is 1. The second-order valence-electron chi connectivity index (χ2n) is 5.04. The number of esters is 1. The van der Waals surface area contributed by atoms with Crippen LogP contribution < -0.4 is 4.74 Å². The molecule has 0 bridgehead atoms. The predicted molar refractivity (Wildman–Crippen MR) is 80.1 cm³/mol. The first-order valence-corrected chi connectivity index (χ1v) is 8.77. The largest absolute Gasteiger partial charge is 0.495 e. The summed E-state index contributed by atoms with van der Waals surface area (Å²) in [7, 11) is 2.75. The van der Waals surface area contributed by atoms with E-state index in [0.29, 0.717) is 5.56 Å². The number of carbonyl (C=O) groups is 1. The van der Waals surface area contributed by atoms with Crippen LogP contribution in [-0.2, 0) is 25.0 Å². The van der Waals surface area contributed by atoms with Gasteiger partial charge in [0, 0.05) is 10.7 Å². The van der Waals surface area contributed by atoms with Gasteiger partial charge in [0.1, 0.15) is 16.7 Å². The van der Waals surface area contributed by atoms with E-state index >= 15 is 0 Å². The summed E-state index contributed by atoms with van der Waals surface area (Å²) in [6, 6.07) is 4.39. The van der Waals surface area contributed by atoms with Gasteiger partial charge in [-0.25, -0.2) is 8.42 Å². The smallest absolute Gasteiger partial charge is 0.310 e. The average Bonchev–Trinajstić information content (AvgIpc) is 2.37. The third-order valence-electron chi connectivity index (χ3n) is 3.10. The molecule has 118 valence electrons. The molecule has 0 radical (unpaired) electrons. The Labute approximate surface area is 129 Å². The zero-order valence-corrected chi connectivity index (χ0v) is 14.0. The highest BCUT2D eigenvalue weighted by atomic mass is 35.7. The molecule has 0 aliphatic heterocycles. The number of methoxy groups -OCH3 is 1. The predicted octanol–water partition coefficient (Wildman–Crippen LogP) is 2.75. The Kier molecular flexibility index (Phi) is 6.04. The molecular weight excluding hydrogens is 316 g/mol. The third kappa shape index (κ3) is 5.21. The van der Waals surface area contributed by atoms with Gasteiger partial charge in [0.2, 0.25) is 0 Å². The lowest BCUT2D eigenvalue weighted by Gasteiger charge is -2.16. The Hall–Kier alpha value is -1.27. The number of benzene rings is 1. The molecule has 0 aliphatic carbocycles. The highest BCUT2D eigenvalue weighted by Gasteiger charge is 2.19. The molecule has 0 aliphatic rings. The van der Waals surface area contributed by atoms with Gasteiger partial charge in [0.25, 0.3) is 9.05 Å². The van der Waals surface area contributed by atoms with E-state index in [9.17, 15) is 13.2 Å². The fraction of sp³-hybridized carbons (Fsp3) is 0.500. The molecule has 0 spiro atoms. The number of hydrogen-bond acceptors (Lipinski definition) is 5. The summed E-state index contributed by atoms with van der Waals surface area (Å²) in [6.07, 6.45) is -0.229. The topological polar surface area (TPSA) is 69.7 Å². The Bertz CT molecular complexity index is 610. The molecule has 0 saturated carbocycles. The zero-order valence-electron chi connectivity index (χ0n) is 12.4. The van der Waals surface area contributed by atoms with Gasteiger partial charge in [-0.1, -0.05) is 19.9 Å². The van der Waals surface area contributed by atoms with Crippen molar-refractivity contribution >= 4 is 25.7 Å². The van der Waals surface area contributed by atoms with E-state index in [1.165, 1.54) is 19.2 Å². The fourth-order valence-electron chi connectivity index (χ4n) is 1.57. The van der Waals surface area contributed by atoms with E-state index in [0.717, 1.165) is 0 Å². The van der Waals surface area contributed by atoms with Crippen LogP contribution >= 0.6 is 10.7 Å². The van der Waals surface area contributed by atoms with E-state index in [2.05, 4.69) is 0 Å². The lowest BCUT2D eigenvalue weighted by molar-refractivity contribution is -0.149. The van der Waals surface area contributed by atoms with Crippen LogP contribution in [0.4, 0.5) is 0 Å². The minimum atomic E-state index is -3.95.